The van der Waals surface area contributed by atoms with Gasteiger partial charge in [-0.05, 0) is 55.7 Å². The first-order valence-electron chi connectivity index (χ1n) is 11.5. The second kappa shape index (κ2) is 8.54. The van der Waals surface area contributed by atoms with Crippen molar-refractivity contribution in [2.45, 2.75) is 55.6 Å². The smallest absolute Gasteiger partial charge is 0.274 e. The molecule has 186 valence electrons. The number of benzene rings is 1. The van der Waals surface area contributed by atoms with E-state index in [0.717, 1.165) is 0 Å². The van der Waals surface area contributed by atoms with Crippen molar-refractivity contribution in [2.24, 2.45) is 24.8 Å². The van der Waals surface area contributed by atoms with Crippen LogP contribution < -0.4 is 5.32 Å². The SMILES string of the molecule is Cn1cnc(C2CC3CC(O)(C#CC(O)C4CC4(F)F)CC3C2)c1C(=O)Nc1ccc(F)c(Cl)c1. The summed E-state index contributed by atoms with van der Waals surface area (Å²) in [4.78, 5) is 17.5. The van der Waals surface area contributed by atoms with Gasteiger partial charge in [-0.1, -0.05) is 23.4 Å². The zero-order valence-corrected chi connectivity index (χ0v) is 19.7. The Hall–Kier alpha value is -2.54. The summed E-state index contributed by atoms with van der Waals surface area (Å²) in [6.07, 6.45) is 1.95. The second-order valence-corrected chi connectivity index (χ2v) is 10.5. The molecule has 0 bridgehead atoms. The van der Waals surface area contributed by atoms with Crippen LogP contribution in [0.4, 0.5) is 18.9 Å². The van der Waals surface area contributed by atoms with E-state index in [1.165, 1.54) is 18.2 Å². The lowest BCUT2D eigenvalue weighted by molar-refractivity contribution is 0.0657. The van der Waals surface area contributed by atoms with E-state index in [1.807, 2.05) is 0 Å². The Balaban J connectivity index is 1.25. The average molecular weight is 508 g/mol. The number of nitrogens with zero attached hydrogens (tertiary/aromatic N) is 2. The van der Waals surface area contributed by atoms with Gasteiger partial charge in [0.25, 0.3) is 11.8 Å². The van der Waals surface area contributed by atoms with Gasteiger partial charge in [0.2, 0.25) is 0 Å². The van der Waals surface area contributed by atoms with Gasteiger partial charge in [0, 0.05) is 25.1 Å². The Morgan fingerprint density at radius 3 is 2.54 bits per heavy atom. The van der Waals surface area contributed by atoms with E-state index < -0.39 is 29.4 Å². The molecule has 3 aliphatic rings. The molecule has 3 N–H and O–H groups in total. The van der Waals surface area contributed by atoms with Gasteiger partial charge < -0.3 is 20.1 Å². The fourth-order valence-electron chi connectivity index (χ4n) is 5.66. The number of halogens is 4. The molecule has 1 aromatic carbocycles. The van der Waals surface area contributed by atoms with Gasteiger partial charge in [0.15, 0.2) is 0 Å². The van der Waals surface area contributed by atoms with Crippen molar-refractivity contribution in [1.29, 1.82) is 0 Å². The molecule has 3 saturated carbocycles. The monoisotopic (exact) mass is 507 g/mol. The number of nitrogens with one attached hydrogen (secondary N) is 1. The van der Waals surface area contributed by atoms with Crippen LogP contribution in [0.2, 0.25) is 5.02 Å². The minimum absolute atomic E-state index is 0.0111. The lowest BCUT2D eigenvalue weighted by Crippen LogP contribution is -2.25. The number of aliphatic hydroxyl groups excluding tert-OH is 1. The highest BCUT2D eigenvalue weighted by atomic mass is 35.5. The zero-order chi connectivity index (χ0) is 25.1. The molecule has 2 aromatic rings. The number of aliphatic hydroxyl groups is 2. The molecule has 0 aliphatic heterocycles. The Bertz CT molecular complexity index is 1220. The van der Waals surface area contributed by atoms with Crippen molar-refractivity contribution in [1.82, 2.24) is 9.55 Å². The molecule has 5 rings (SSSR count). The molecule has 3 fully saturated rings. The first-order chi connectivity index (χ1) is 16.5. The van der Waals surface area contributed by atoms with Crippen LogP contribution in [0.3, 0.4) is 0 Å². The fraction of sp³-hybridized carbons (Fsp3) is 0.520. The van der Waals surface area contributed by atoms with Crippen LogP contribution in [-0.2, 0) is 7.05 Å². The van der Waals surface area contributed by atoms with Crippen LogP contribution >= 0.6 is 11.6 Å². The highest BCUT2D eigenvalue weighted by Crippen LogP contribution is 2.54. The topological polar surface area (TPSA) is 87.4 Å². The molecule has 0 radical (unpaired) electrons. The van der Waals surface area contributed by atoms with E-state index in [-0.39, 0.29) is 35.1 Å². The van der Waals surface area contributed by atoms with E-state index >= 15 is 0 Å². The van der Waals surface area contributed by atoms with E-state index in [9.17, 15) is 28.2 Å². The van der Waals surface area contributed by atoms with Gasteiger partial charge in [0.05, 0.1) is 23.0 Å². The van der Waals surface area contributed by atoms with Gasteiger partial charge in [0.1, 0.15) is 23.2 Å². The third-order valence-electron chi connectivity index (χ3n) is 7.49. The van der Waals surface area contributed by atoms with E-state index in [0.29, 0.717) is 42.8 Å². The van der Waals surface area contributed by atoms with Crippen LogP contribution in [0.15, 0.2) is 24.5 Å². The van der Waals surface area contributed by atoms with Gasteiger partial charge >= 0.3 is 0 Å². The normalized spacial score (nSPS) is 31.4. The highest BCUT2D eigenvalue weighted by molar-refractivity contribution is 6.31. The number of carbonyl (C=O) groups excluding carboxylic acids is 1. The summed E-state index contributed by atoms with van der Waals surface area (Å²) >= 11 is 5.82. The summed E-state index contributed by atoms with van der Waals surface area (Å²) in [7, 11) is 1.72. The van der Waals surface area contributed by atoms with Crippen molar-refractivity contribution in [3.63, 3.8) is 0 Å². The number of anilines is 1. The van der Waals surface area contributed by atoms with Crippen molar-refractivity contribution in [3.05, 3.63) is 46.8 Å². The number of rotatable bonds is 4. The summed E-state index contributed by atoms with van der Waals surface area (Å²) in [6.45, 7) is 0. The predicted octanol–water partition coefficient (Wildman–Crippen LogP) is 4.12. The molecule has 0 saturated heterocycles. The number of alkyl halides is 2. The lowest BCUT2D eigenvalue weighted by Gasteiger charge is -2.19. The molecular formula is C25H25ClF3N3O3. The average Bonchev–Trinajstić information content (AvgIpc) is 3.08. The highest BCUT2D eigenvalue weighted by Gasteiger charge is 2.60. The number of amides is 1. The number of hydrogen-bond acceptors (Lipinski definition) is 4. The van der Waals surface area contributed by atoms with Crippen LogP contribution in [0.1, 0.15) is 54.2 Å². The summed E-state index contributed by atoms with van der Waals surface area (Å²) in [5.74, 6) is 0.444. The fourth-order valence-corrected chi connectivity index (χ4v) is 5.84. The number of hydrogen-bond donors (Lipinski definition) is 3. The molecule has 1 heterocycles. The van der Waals surface area contributed by atoms with Crippen molar-refractivity contribution in [2.75, 3.05) is 5.32 Å². The van der Waals surface area contributed by atoms with Crippen molar-refractivity contribution < 1.29 is 28.2 Å². The zero-order valence-electron chi connectivity index (χ0n) is 18.9. The Morgan fingerprint density at radius 1 is 1.29 bits per heavy atom. The van der Waals surface area contributed by atoms with E-state index in [1.54, 1.807) is 17.9 Å². The number of aryl methyl sites for hydroxylation is 1. The van der Waals surface area contributed by atoms with Crippen LogP contribution in [-0.4, -0.2) is 43.3 Å². The second-order valence-electron chi connectivity index (χ2n) is 10.1. The van der Waals surface area contributed by atoms with Gasteiger partial charge in [-0.3, -0.25) is 4.79 Å². The lowest BCUT2D eigenvalue weighted by atomic mass is 9.92. The molecule has 4 atom stereocenters. The molecule has 35 heavy (non-hydrogen) atoms. The maximum atomic E-state index is 13.4. The minimum atomic E-state index is -2.87. The van der Waals surface area contributed by atoms with Crippen LogP contribution in [0, 0.1) is 35.4 Å². The molecule has 4 unspecified atom stereocenters. The third-order valence-corrected chi connectivity index (χ3v) is 7.78. The third kappa shape index (κ3) is 4.67. The first kappa shape index (κ1) is 24.2. The molecule has 1 aromatic heterocycles. The molecule has 10 heteroatoms. The Labute approximate surface area is 205 Å². The number of imidazole rings is 1. The standard InChI is InChI=1S/C25H25ClF3N3O3/c1-32-12-30-21(22(32)23(34)31-16-2-3-19(27)18(26)8-16)13-6-14-9-24(35,10-15(14)7-13)5-4-20(33)17-11-25(17,28)29/h2-3,8,12-15,17,20,33,35H,6-7,9-11H2,1H3,(H,31,34). The summed E-state index contributed by atoms with van der Waals surface area (Å²) in [6, 6.07) is 3.95. The molecule has 3 aliphatic carbocycles. The van der Waals surface area contributed by atoms with Crippen LogP contribution in [0.25, 0.3) is 0 Å². The van der Waals surface area contributed by atoms with Crippen molar-refractivity contribution in [3.8, 4) is 11.8 Å². The molecule has 1 amide bonds. The summed E-state index contributed by atoms with van der Waals surface area (Å²) in [5.41, 5.74) is 0.122. The van der Waals surface area contributed by atoms with Gasteiger partial charge in [-0.25, -0.2) is 18.2 Å². The molecule has 0 spiro atoms. The van der Waals surface area contributed by atoms with E-state index in [4.69, 9.17) is 11.6 Å². The minimum Gasteiger partial charge on any atom is -0.380 e. The Kier molecular flexibility index (Phi) is 5.90. The molecule has 6 nitrogen and oxygen atoms in total. The summed E-state index contributed by atoms with van der Waals surface area (Å²) in [5, 5.41) is 23.4. The maximum absolute atomic E-state index is 13.4. The quantitative estimate of drug-likeness (QED) is 0.543. The molecular weight excluding hydrogens is 483 g/mol. The van der Waals surface area contributed by atoms with Gasteiger partial charge in [-0.15, -0.1) is 0 Å². The Morgan fingerprint density at radius 2 is 1.94 bits per heavy atom. The van der Waals surface area contributed by atoms with Crippen molar-refractivity contribution >= 4 is 23.2 Å². The number of fused-ring (bicyclic) bond motifs is 1. The number of carbonyl (C=O) groups is 1. The maximum Gasteiger partial charge on any atom is 0.274 e. The number of aromatic nitrogens is 2. The largest absolute Gasteiger partial charge is 0.380 e. The summed E-state index contributed by atoms with van der Waals surface area (Å²) < 4.78 is 41.3. The predicted molar refractivity (Wildman–Crippen MR) is 123 cm³/mol. The first-order valence-corrected chi connectivity index (χ1v) is 11.9. The van der Waals surface area contributed by atoms with Gasteiger partial charge in [-0.2, -0.15) is 0 Å². The van der Waals surface area contributed by atoms with Crippen LogP contribution in [0.5, 0.6) is 0 Å². The van der Waals surface area contributed by atoms with E-state index in [2.05, 4.69) is 22.1 Å².